The Balaban J connectivity index is 1.98. The van der Waals surface area contributed by atoms with Crippen molar-refractivity contribution in [3.63, 3.8) is 0 Å². The van der Waals surface area contributed by atoms with Gasteiger partial charge in [-0.25, -0.2) is 0 Å². The van der Waals surface area contributed by atoms with Crippen LogP contribution in [0.4, 0.5) is 0 Å². The van der Waals surface area contributed by atoms with Crippen molar-refractivity contribution in [1.82, 2.24) is 10.1 Å². The summed E-state index contributed by atoms with van der Waals surface area (Å²) in [6.45, 7) is 4.12. The van der Waals surface area contributed by atoms with Crippen molar-refractivity contribution in [3.05, 3.63) is 42.2 Å². The molecule has 0 bridgehead atoms. The molecule has 1 heterocycles. The van der Waals surface area contributed by atoms with Gasteiger partial charge in [-0.2, -0.15) is 0 Å². The van der Waals surface area contributed by atoms with Crippen molar-refractivity contribution < 1.29 is 4.52 Å². The highest BCUT2D eigenvalue weighted by molar-refractivity contribution is 5.58. The number of rotatable bonds is 6. The van der Waals surface area contributed by atoms with Crippen LogP contribution in [0.2, 0.25) is 0 Å². The second-order valence-corrected chi connectivity index (χ2v) is 4.64. The zero-order valence-electron chi connectivity index (χ0n) is 11.1. The summed E-state index contributed by atoms with van der Waals surface area (Å²) in [7, 11) is 2.11. The maximum absolute atomic E-state index is 5.38. The molecule has 0 aliphatic heterocycles. The van der Waals surface area contributed by atoms with Gasteiger partial charge in [-0.05, 0) is 20.0 Å². The van der Waals surface area contributed by atoms with E-state index >= 15 is 0 Å². The summed E-state index contributed by atoms with van der Waals surface area (Å²) < 4.78 is 5.38. The summed E-state index contributed by atoms with van der Waals surface area (Å²) in [5, 5.41) is 4.12. The Morgan fingerprint density at radius 1 is 1.22 bits per heavy atom. The molecule has 0 N–H and O–H groups in total. The maximum atomic E-state index is 5.38. The van der Waals surface area contributed by atoms with Gasteiger partial charge >= 0.3 is 0 Å². The Hall–Kier alpha value is -1.61. The minimum Gasteiger partial charge on any atom is -0.359 e. The van der Waals surface area contributed by atoms with Crippen LogP contribution < -0.4 is 0 Å². The molecule has 0 spiro atoms. The quantitative estimate of drug-likeness (QED) is 0.778. The van der Waals surface area contributed by atoms with Gasteiger partial charge in [0.1, 0.15) is 5.69 Å². The van der Waals surface area contributed by atoms with Crippen LogP contribution in [0.5, 0.6) is 0 Å². The molecule has 18 heavy (non-hydrogen) atoms. The summed E-state index contributed by atoms with van der Waals surface area (Å²) in [5.41, 5.74) is 2.01. The number of hydrogen-bond donors (Lipinski definition) is 0. The van der Waals surface area contributed by atoms with Crippen molar-refractivity contribution in [2.45, 2.75) is 26.3 Å². The molecular weight excluding hydrogens is 224 g/mol. The van der Waals surface area contributed by atoms with Gasteiger partial charge in [-0.3, -0.25) is 4.90 Å². The summed E-state index contributed by atoms with van der Waals surface area (Å²) in [6, 6.07) is 12.1. The molecule has 2 rings (SSSR count). The summed E-state index contributed by atoms with van der Waals surface area (Å²) in [4.78, 5) is 2.26. The first-order valence-corrected chi connectivity index (χ1v) is 6.49. The SMILES string of the molecule is CCCCN(C)Cc1cc(-c2ccccc2)no1. The van der Waals surface area contributed by atoms with Crippen LogP contribution in [0, 0.1) is 0 Å². The van der Waals surface area contributed by atoms with E-state index in [1.54, 1.807) is 0 Å². The van der Waals surface area contributed by atoms with Gasteiger partial charge in [-0.15, -0.1) is 0 Å². The van der Waals surface area contributed by atoms with E-state index in [9.17, 15) is 0 Å². The van der Waals surface area contributed by atoms with Gasteiger partial charge in [0.05, 0.1) is 6.54 Å². The molecule has 0 atom stereocenters. The first-order valence-electron chi connectivity index (χ1n) is 6.49. The number of hydrogen-bond acceptors (Lipinski definition) is 3. The van der Waals surface area contributed by atoms with E-state index in [2.05, 4.69) is 24.0 Å². The highest BCUT2D eigenvalue weighted by Crippen LogP contribution is 2.19. The summed E-state index contributed by atoms with van der Waals surface area (Å²) in [6.07, 6.45) is 2.44. The number of benzene rings is 1. The third kappa shape index (κ3) is 3.44. The fourth-order valence-electron chi connectivity index (χ4n) is 1.91. The van der Waals surface area contributed by atoms with Crippen molar-refractivity contribution in [2.24, 2.45) is 0 Å². The minimum atomic E-state index is 0.819. The molecule has 0 radical (unpaired) electrons. The highest BCUT2D eigenvalue weighted by atomic mass is 16.5. The molecule has 1 aromatic carbocycles. The van der Waals surface area contributed by atoms with Crippen LogP contribution in [0.15, 0.2) is 40.9 Å². The predicted octanol–water partition coefficient (Wildman–Crippen LogP) is 3.57. The van der Waals surface area contributed by atoms with E-state index in [1.165, 1.54) is 12.8 Å². The van der Waals surface area contributed by atoms with Crippen LogP contribution in [0.1, 0.15) is 25.5 Å². The first-order chi connectivity index (χ1) is 8.79. The van der Waals surface area contributed by atoms with Gasteiger partial charge in [-0.1, -0.05) is 48.8 Å². The molecule has 3 heteroatoms. The minimum absolute atomic E-state index is 0.819. The zero-order chi connectivity index (χ0) is 12.8. The molecule has 0 fully saturated rings. The predicted molar refractivity (Wildman–Crippen MR) is 73.2 cm³/mol. The Bertz CT molecular complexity index is 464. The fraction of sp³-hybridized carbons (Fsp3) is 0.400. The maximum Gasteiger partial charge on any atom is 0.151 e. The molecule has 2 aromatic rings. The summed E-state index contributed by atoms with van der Waals surface area (Å²) in [5.74, 6) is 0.924. The molecule has 0 aliphatic carbocycles. The average molecular weight is 244 g/mol. The van der Waals surface area contributed by atoms with E-state index in [-0.39, 0.29) is 0 Å². The number of unbranched alkanes of at least 4 members (excludes halogenated alkanes) is 1. The standard InChI is InChI=1S/C15H20N2O/c1-3-4-10-17(2)12-14-11-15(16-18-14)13-8-6-5-7-9-13/h5-9,11H,3-4,10,12H2,1-2H3. The van der Waals surface area contributed by atoms with Crippen LogP contribution in [0.3, 0.4) is 0 Å². The lowest BCUT2D eigenvalue weighted by molar-refractivity contribution is 0.270. The Kier molecular flexibility index (Phi) is 4.53. The number of aromatic nitrogens is 1. The van der Waals surface area contributed by atoms with Crippen molar-refractivity contribution in [3.8, 4) is 11.3 Å². The van der Waals surface area contributed by atoms with Crippen LogP contribution in [-0.4, -0.2) is 23.6 Å². The van der Waals surface area contributed by atoms with Gasteiger partial charge in [0.15, 0.2) is 5.76 Å². The second-order valence-electron chi connectivity index (χ2n) is 4.64. The molecule has 96 valence electrons. The van der Waals surface area contributed by atoms with Crippen LogP contribution in [-0.2, 0) is 6.54 Å². The molecule has 3 nitrogen and oxygen atoms in total. The lowest BCUT2D eigenvalue weighted by atomic mass is 10.1. The van der Waals surface area contributed by atoms with Gasteiger partial charge in [0.25, 0.3) is 0 Å². The molecular formula is C15H20N2O. The van der Waals surface area contributed by atoms with Gasteiger partial charge in [0.2, 0.25) is 0 Å². The molecule has 1 aromatic heterocycles. The van der Waals surface area contributed by atoms with Crippen LogP contribution >= 0.6 is 0 Å². The third-order valence-corrected chi connectivity index (χ3v) is 2.95. The van der Waals surface area contributed by atoms with Gasteiger partial charge < -0.3 is 4.52 Å². The van der Waals surface area contributed by atoms with E-state index in [1.807, 2.05) is 36.4 Å². The fourth-order valence-corrected chi connectivity index (χ4v) is 1.91. The van der Waals surface area contributed by atoms with E-state index in [0.29, 0.717) is 0 Å². The average Bonchev–Trinajstić information content (AvgIpc) is 2.86. The largest absolute Gasteiger partial charge is 0.359 e. The smallest absolute Gasteiger partial charge is 0.151 e. The summed E-state index contributed by atoms with van der Waals surface area (Å²) >= 11 is 0. The molecule has 0 saturated carbocycles. The van der Waals surface area contributed by atoms with Crippen molar-refractivity contribution >= 4 is 0 Å². The van der Waals surface area contributed by atoms with E-state index in [4.69, 9.17) is 4.52 Å². The highest BCUT2D eigenvalue weighted by Gasteiger charge is 2.08. The molecule has 0 saturated heterocycles. The topological polar surface area (TPSA) is 29.3 Å². The van der Waals surface area contributed by atoms with Crippen molar-refractivity contribution in [2.75, 3.05) is 13.6 Å². The molecule has 0 amide bonds. The monoisotopic (exact) mass is 244 g/mol. The zero-order valence-corrected chi connectivity index (χ0v) is 11.1. The van der Waals surface area contributed by atoms with E-state index < -0.39 is 0 Å². The van der Waals surface area contributed by atoms with Crippen LogP contribution in [0.25, 0.3) is 11.3 Å². The Morgan fingerprint density at radius 3 is 2.72 bits per heavy atom. The molecule has 0 aliphatic rings. The number of nitrogens with zero attached hydrogens (tertiary/aromatic N) is 2. The van der Waals surface area contributed by atoms with Gasteiger partial charge in [0, 0.05) is 11.6 Å². The Labute approximate surface area is 108 Å². The van der Waals surface area contributed by atoms with E-state index in [0.717, 1.165) is 30.1 Å². The normalized spacial score (nSPS) is 11.1. The second kappa shape index (κ2) is 6.36. The lowest BCUT2D eigenvalue weighted by Gasteiger charge is -2.13. The Morgan fingerprint density at radius 2 is 2.00 bits per heavy atom. The first kappa shape index (κ1) is 12.8. The third-order valence-electron chi connectivity index (χ3n) is 2.95. The lowest BCUT2D eigenvalue weighted by Crippen LogP contribution is -2.18. The molecule has 0 unspecified atom stereocenters. The van der Waals surface area contributed by atoms with Crippen molar-refractivity contribution in [1.29, 1.82) is 0 Å².